The van der Waals surface area contributed by atoms with Crippen molar-refractivity contribution in [1.82, 2.24) is 0 Å². The van der Waals surface area contributed by atoms with Crippen molar-refractivity contribution in [3.8, 4) is 0 Å². The first-order chi connectivity index (χ1) is 41.5. The summed E-state index contributed by atoms with van der Waals surface area (Å²) in [6.45, 7) is 7.06. The maximum atomic E-state index is 13.0. The number of aliphatic hydroxyl groups is 1. The van der Waals surface area contributed by atoms with Gasteiger partial charge in [0.25, 0.3) is 0 Å². The molecule has 5 atom stereocenters. The molecule has 0 spiro atoms. The lowest BCUT2D eigenvalue weighted by atomic mass is 10.0. The van der Waals surface area contributed by atoms with Crippen LogP contribution in [-0.4, -0.2) is 96.7 Å². The minimum Gasteiger partial charge on any atom is -0.462 e. The van der Waals surface area contributed by atoms with Gasteiger partial charge in [-0.1, -0.05) is 291 Å². The van der Waals surface area contributed by atoms with E-state index in [1.807, 2.05) is 0 Å². The highest BCUT2D eigenvalue weighted by atomic mass is 31.2. The number of phosphoric acid groups is 2. The number of esters is 4. The van der Waals surface area contributed by atoms with Gasteiger partial charge in [-0.3, -0.25) is 37.3 Å². The number of carbonyl (C=O) groups is 4. The molecule has 0 fully saturated rings. The van der Waals surface area contributed by atoms with Gasteiger partial charge in [-0.05, 0) is 31.6 Å². The van der Waals surface area contributed by atoms with Crippen molar-refractivity contribution in [3.05, 3.63) is 0 Å². The van der Waals surface area contributed by atoms with E-state index < -0.39 is 97.5 Å². The number of phosphoric ester groups is 2. The fourth-order valence-electron chi connectivity index (χ4n) is 10.1. The molecule has 0 aliphatic rings. The quantitative estimate of drug-likeness (QED) is 0.0222. The Balaban J connectivity index is 5.07. The van der Waals surface area contributed by atoms with Gasteiger partial charge in [-0.2, -0.15) is 0 Å². The third-order valence-corrected chi connectivity index (χ3v) is 17.4. The molecule has 17 nitrogen and oxygen atoms in total. The first kappa shape index (κ1) is 84.1. The van der Waals surface area contributed by atoms with Crippen LogP contribution < -0.4 is 0 Å². The predicted molar refractivity (Wildman–Crippen MR) is 345 cm³/mol. The highest BCUT2D eigenvalue weighted by molar-refractivity contribution is 7.47. The summed E-state index contributed by atoms with van der Waals surface area (Å²) in [5, 5.41) is 10.5. The molecule has 0 aromatic heterocycles. The van der Waals surface area contributed by atoms with E-state index in [-0.39, 0.29) is 25.7 Å². The molecule has 0 aromatic rings. The van der Waals surface area contributed by atoms with Crippen LogP contribution in [-0.2, 0) is 65.4 Å². The van der Waals surface area contributed by atoms with Crippen molar-refractivity contribution in [2.45, 2.75) is 361 Å². The molecule has 0 heterocycles. The molecular weight excluding hydrogens is 1140 g/mol. The minimum atomic E-state index is -4.94. The van der Waals surface area contributed by atoms with E-state index in [0.717, 1.165) is 103 Å². The molecule has 0 amide bonds. The predicted octanol–water partition coefficient (Wildman–Crippen LogP) is 19.0. The van der Waals surface area contributed by atoms with Crippen LogP contribution in [0.15, 0.2) is 0 Å². The van der Waals surface area contributed by atoms with Gasteiger partial charge in [0.2, 0.25) is 0 Å². The van der Waals surface area contributed by atoms with Gasteiger partial charge < -0.3 is 33.8 Å². The normalized spacial score (nSPS) is 14.2. The monoisotopic (exact) mass is 1270 g/mol. The number of hydrogen-bond acceptors (Lipinski definition) is 15. The highest BCUT2D eigenvalue weighted by Crippen LogP contribution is 2.45. The maximum absolute atomic E-state index is 13.0. The van der Waals surface area contributed by atoms with Crippen molar-refractivity contribution >= 4 is 39.5 Å². The fourth-order valence-corrected chi connectivity index (χ4v) is 11.7. The SMILES string of the molecule is CCCCCCCCCCCCCCCCCCCCCCCC(=O)O[C@H](COC(=O)CCCCCCCCCC(C)C)COP(=O)(O)OC[C@@H](O)COP(=O)(O)OC[C@@H](COC(=O)CCCCCCC)OC(=O)CCCCCCCCCCCC. The Morgan fingerprint density at radius 3 is 0.791 bits per heavy atom. The van der Waals surface area contributed by atoms with E-state index >= 15 is 0 Å². The summed E-state index contributed by atoms with van der Waals surface area (Å²) in [5.41, 5.74) is 0. The number of hydrogen-bond donors (Lipinski definition) is 3. The minimum absolute atomic E-state index is 0.105. The van der Waals surface area contributed by atoms with Crippen molar-refractivity contribution in [1.29, 1.82) is 0 Å². The molecule has 19 heteroatoms. The second-order valence-corrected chi connectivity index (χ2v) is 27.6. The zero-order valence-corrected chi connectivity index (χ0v) is 57.2. The van der Waals surface area contributed by atoms with Crippen LogP contribution in [0.4, 0.5) is 0 Å². The standard InChI is InChI=1S/C67H130O17P2/c1-6-9-12-15-17-19-21-22-23-24-25-26-27-28-29-30-31-33-37-43-48-53-67(72)84-63(57-78-65(70)51-46-41-38-34-35-40-44-49-60(4)5)59-82-86(75,76)80-55-61(68)54-79-85(73,74)81-58-62(56-77-64(69)50-45-39-14-11-8-3)83-66(71)52-47-42-36-32-20-18-16-13-10-7-2/h60-63,68H,6-59H2,1-5H3,(H,73,74)(H,75,76)/t61-,62+,63+/m0/s1. The van der Waals surface area contributed by atoms with E-state index in [1.165, 1.54) is 154 Å². The molecule has 2 unspecified atom stereocenters. The topological polar surface area (TPSA) is 237 Å². The largest absolute Gasteiger partial charge is 0.472 e. The van der Waals surface area contributed by atoms with E-state index in [9.17, 15) is 43.2 Å². The third kappa shape index (κ3) is 60.9. The molecule has 0 aromatic carbocycles. The Kier molecular flexibility index (Phi) is 59.2. The van der Waals surface area contributed by atoms with E-state index in [1.54, 1.807) is 0 Å². The molecule has 86 heavy (non-hydrogen) atoms. The van der Waals surface area contributed by atoms with Crippen LogP contribution in [0.1, 0.15) is 343 Å². The number of aliphatic hydroxyl groups excluding tert-OH is 1. The summed E-state index contributed by atoms with van der Waals surface area (Å²) in [6, 6.07) is 0. The lowest BCUT2D eigenvalue weighted by Gasteiger charge is -2.21. The molecule has 0 saturated heterocycles. The number of carbonyl (C=O) groups excluding carboxylic acids is 4. The van der Waals surface area contributed by atoms with Crippen molar-refractivity contribution in [2.24, 2.45) is 5.92 Å². The highest BCUT2D eigenvalue weighted by Gasteiger charge is 2.30. The lowest BCUT2D eigenvalue weighted by Crippen LogP contribution is -2.30. The van der Waals surface area contributed by atoms with E-state index in [2.05, 4.69) is 34.6 Å². The molecule has 0 radical (unpaired) electrons. The van der Waals surface area contributed by atoms with Crippen LogP contribution in [0.3, 0.4) is 0 Å². The molecule has 0 aliphatic carbocycles. The Morgan fingerprint density at radius 2 is 0.535 bits per heavy atom. The molecule has 510 valence electrons. The first-order valence-corrected chi connectivity index (χ1v) is 38.1. The average molecular weight is 1270 g/mol. The van der Waals surface area contributed by atoms with Gasteiger partial charge >= 0.3 is 39.5 Å². The number of rotatable bonds is 67. The van der Waals surface area contributed by atoms with Gasteiger partial charge in [0.05, 0.1) is 26.4 Å². The van der Waals surface area contributed by atoms with Crippen LogP contribution in [0.2, 0.25) is 0 Å². The average Bonchev–Trinajstić information content (AvgIpc) is 3.66. The van der Waals surface area contributed by atoms with Crippen LogP contribution in [0, 0.1) is 5.92 Å². The van der Waals surface area contributed by atoms with Crippen molar-refractivity contribution in [3.63, 3.8) is 0 Å². The van der Waals surface area contributed by atoms with E-state index in [4.69, 9.17) is 37.0 Å². The second-order valence-electron chi connectivity index (χ2n) is 24.7. The summed E-state index contributed by atoms with van der Waals surface area (Å²) in [6.07, 6.45) is 46.5. The molecule has 0 aliphatic heterocycles. The van der Waals surface area contributed by atoms with Gasteiger partial charge in [0, 0.05) is 25.7 Å². The molecule has 0 rings (SSSR count). The fraction of sp³-hybridized carbons (Fsp3) is 0.940. The van der Waals surface area contributed by atoms with E-state index in [0.29, 0.717) is 31.6 Å². The second kappa shape index (κ2) is 60.6. The van der Waals surface area contributed by atoms with Crippen molar-refractivity contribution < 1.29 is 80.2 Å². The van der Waals surface area contributed by atoms with Crippen molar-refractivity contribution in [2.75, 3.05) is 39.6 Å². The summed E-state index contributed by atoms with van der Waals surface area (Å²) in [7, 11) is -9.88. The third-order valence-electron chi connectivity index (χ3n) is 15.5. The molecule has 3 N–H and O–H groups in total. The van der Waals surface area contributed by atoms with Gasteiger partial charge in [0.1, 0.15) is 19.3 Å². The lowest BCUT2D eigenvalue weighted by molar-refractivity contribution is -0.161. The summed E-state index contributed by atoms with van der Waals surface area (Å²) < 4.78 is 67.9. The van der Waals surface area contributed by atoms with Gasteiger partial charge in [-0.15, -0.1) is 0 Å². The molecule has 0 bridgehead atoms. The zero-order chi connectivity index (χ0) is 63.5. The summed E-state index contributed by atoms with van der Waals surface area (Å²) >= 11 is 0. The zero-order valence-electron chi connectivity index (χ0n) is 55.4. The van der Waals surface area contributed by atoms with Crippen LogP contribution in [0.25, 0.3) is 0 Å². The van der Waals surface area contributed by atoms with Gasteiger partial charge in [0.15, 0.2) is 12.2 Å². The van der Waals surface area contributed by atoms with Crippen LogP contribution in [0.5, 0.6) is 0 Å². The molecule has 0 saturated carbocycles. The van der Waals surface area contributed by atoms with Gasteiger partial charge in [-0.25, -0.2) is 9.13 Å². The Bertz CT molecular complexity index is 1670. The first-order valence-electron chi connectivity index (χ1n) is 35.1. The Labute approximate surface area is 524 Å². The maximum Gasteiger partial charge on any atom is 0.472 e. The molecular formula is C67H130O17P2. The summed E-state index contributed by atoms with van der Waals surface area (Å²) in [5.74, 6) is -1.44. The van der Waals surface area contributed by atoms with Crippen LogP contribution >= 0.6 is 15.6 Å². The Morgan fingerprint density at radius 1 is 0.314 bits per heavy atom. The number of unbranched alkanes of at least 4 members (excludes halogenated alkanes) is 39. The number of ether oxygens (including phenoxy) is 4. The summed E-state index contributed by atoms with van der Waals surface area (Å²) in [4.78, 5) is 72.0. The Hall–Kier alpha value is -1.94. The smallest absolute Gasteiger partial charge is 0.462 e.